The third-order valence-corrected chi connectivity index (χ3v) is 4.74. The molecule has 3 rings (SSSR count). The first-order valence-electron chi connectivity index (χ1n) is 8.60. The molecule has 1 aliphatic rings. The zero-order valence-electron chi connectivity index (χ0n) is 14.1. The second kappa shape index (κ2) is 7.83. The molecule has 1 aliphatic heterocycles. The van der Waals surface area contributed by atoms with E-state index in [9.17, 15) is 10.2 Å². The van der Waals surface area contributed by atoms with E-state index in [0.29, 0.717) is 0 Å². The lowest BCUT2D eigenvalue weighted by atomic mass is 10.0. The number of nitrogens with one attached hydrogen (secondary N) is 1. The lowest BCUT2D eigenvalue weighted by Gasteiger charge is -2.31. The third-order valence-electron chi connectivity index (χ3n) is 4.74. The largest absolute Gasteiger partial charge is 0.468 e. The highest BCUT2D eigenvalue weighted by Crippen LogP contribution is 2.24. The number of anilines is 1. The Hall–Kier alpha value is -1.82. The molecule has 0 amide bonds. The average Bonchev–Trinajstić information content (AvgIpc) is 3.15. The fourth-order valence-corrected chi connectivity index (χ4v) is 3.21. The Bertz CT molecular complexity index is 604. The first kappa shape index (κ1) is 17.0. The van der Waals surface area contributed by atoms with E-state index < -0.39 is 0 Å². The molecule has 1 aromatic carbocycles. The molecule has 5 nitrogen and oxygen atoms in total. The summed E-state index contributed by atoms with van der Waals surface area (Å²) in [4.78, 5) is 2.31. The molecule has 3 N–H and O–H groups in total. The first-order valence-corrected chi connectivity index (χ1v) is 8.60. The van der Waals surface area contributed by atoms with E-state index in [4.69, 9.17) is 4.42 Å². The summed E-state index contributed by atoms with van der Waals surface area (Å²) in [5, 5.41) is 22.6. The van der Waals surface area contributed by atoms with Gasteiger partial charge in [-0.15, -0.1) is 0 Å². The van der Waals surface area contributed by atoms with Crippen LogP contribution in [0.2, 0.25) is 0 Å². The molecule has 1 saturated heterocycles. The maximum Gasteiger partial charge on any atom is 0.123 e. The molecule has 130 valence electrons. The maximum absolute atomic E-state index is 9.61. The van der Waals surface area contributed by atoms with Crippen LogP contribution in [-0.2, 0) is 0 Å². The van der Waals surface area contributed by atoms with Gasteiger partial charge in [0.25, 0.3) is 0 Å². The Morgan fingerprint density at radius 1 is 1.21 bits per heavy atom. The summed E-state index contributed by atoms with van der Waals surface area (Å²) in [7, 11) is 0. The van der Waals surface area contributed by atoms with Crippen molar-refractivity contribution < 1.29 is 14.6 Å². The van der Waals surface area contributed by atoms with Crippen molar-refractivity contribution >= 4 is 5.69 Å². The summed E-state index contributed by atoms with van der Waals surface area (Å²) >= 11 is 0. The molecule has 2 unspecified atom stereocenters. The Morgan fingerprint density at radius 2 is 1.92 bits per heavy atom. The Balaban J connectivity index is 1.62. The Morgan fingerprint density at radius 3 is 2.50 bits per heavy atom. The molecule has 1 fully saturated rings. The van der Waals surface area contributed by atoms with E-state index in [-0.39, 0.29) is 24.8 Å². The van der Waals surface area contributed by atoms with Crippen LogP contribution in [0, 0.1) is 0 Å². The summed E-state index contributed by atoms with van der Waals surface area (Å²) in [5.41, 5.74) is 2.36. The highest BCUT2D eigenvalue weighted by atomic mass is 16.3. The van der Waals surface area contributed by atoms with Gasteiger partial charge in [-0.25, -0.2) is 0 Å². The van der Waals surface area contributed by atoms with Gasteiger partial charge in [0.1, 0.15) is 5.76 Å². The number of nitrogens with zero attached hydrogens (tertiary/aromatic N) is 1. The minimum atomic E-state index is -0.210. The standard InChI is InChI=1S/C19H26N2O3/c1-14(20-18(13-22)19-3-2-12-24-19)15-4-6-16(7-5-15)21-10-8-17(23)9-11-21/h2-7,12,14,17-18,20,22-23H,8-11,13H2,1H3. The topological polar surface area (TPSA) is 68.9 Å². The molecule has 0 saturated carbocycles. The van der Waals surface area contributed by atoms with Crippen LogP contribution in [0.5, 0.6) is 0 Å². The number of piperidine rings is 1. The normalized spacial score (nSPS) is 18.5. The summed E-state index contributed by atoms with van der Waals surface area (Å²) < 4.78 is 5.38. The monoisotopic (exact) mass is 330 g/mol. The molecule has 24 heavy (non-hydrogen) atoms. The van der Waals surface area contributed by atoms with E-state index in [1.807, 2.05) is 12.1 Å². The maximum atomic E-state index is 9.61. The SMILES string of the molecule is CC(NC(CO)c1ccco1)c1ccc(N2CCC(O)CC2)cc1. The molecule has 1 aromatic heterocycles. The van der Waals surface area contributed by atoms with Crippen LogP contribution in [0.25, 0.3) is 0 Å². The smallest absolute Gasteiger partial charge is 0.123 e. The Kier molecular flexibility index (Phi) is 5.56. The summed E-state index contributed by atoms with van der Waals surface area (Å²) in [6, 6.07) is 12.1. The average molecular weight is 330 g/mol. The van der Waals surface area contributed by atoms with Crippen molar-refractivity contribution in [2.75, 3.05) is 24.6 Å². The van der Waals surface area contributed by atoms with Gasteiger partial charge in [0.05, 0.1) is 25.0 Å². The fraction of sp³-hybridized carbons (Fsp3) is 0.474. The van der Waals surface area contributed by atoms with Crippen molar-refractivity contribution in [1.29, 1.82) is 0 Å². The third kappa shape index (κ3) is 3.98. The van der Waals surface area contributed by atoms with E-state index in [0.717, 1.165) is 31.7 Å². The zero-order chi connectivity index (χ0) is 16.9. The molecule has 0 aliphatic carbocycles. The number of hydrogen-bond acceptors (Lipinski definition) is 5. The molecule has 2 atom stereocenters. The second-order valence-electron chi connectivity index (χ2n) is 6.45. The number of furan rings is 1. The molecule has 0 bridgehead atoms. The van der Waals surface area contributed by atoms with Gasteiger partial charge < -0.3 is 19.5 Å². The van der Waals surface area contributed by atoms with E-state index >= 15 is 0 Å². The van der Waals surface area contributed by atoms with E-state index in [2.05, 4.69) is 41.4 Å². The van der Waals surface area contributed by atoms with Crippen LogP contribution in [-0.4, -0.2) is 36.0 Å². The summed E-state index contributed by atoms with van der Waals surface area (Å²) in [5.74, 6) is 0.743. The van der Waals surface area contributed by atoms with Gasteiger partial charge in [0, 0.05) is 24.8 Å². The van der Waals surface area contributed by atoms with Crippen molar-refractivity contribution in [2.45, 2.75) is 38.0 Å². The van der Waals surface area contributed by atoms with Gasteiger partial charge in [-0.1, -0.05) is 12.1 Å². The van der Waals surface area contributed by atoms with Crippen LogP contribution in [0.3, 0.4) is 0 Å². The molecular formula is C19H26N2O3. The van der Waals surface area contributed by atoms with Crippen molar-refractivity contribution in [3.63, 3.8) is 0 Å². The number of benzene rings is 1. The highest BCUT2D eigenvalue weighted by Gasteiger charge is 2.19. The van der Waals surface area contributed by atoms with E-state index in [1.54, 1.807) is 6.26 Å². The van der Waals surface area contributed by atoms with Crippen molar-refractivity contribution in [3.05, 3.63) is 54.0 Å². The zero-order valence-corrected chi connectivity index (χ0v) is 14.1. The quantitative estimate of drug-likeness (QED) is 0.760. The van der Waals surface area contributed by atoms with Crippen molar-refractivity contribution in [1.82, 2.24) is 5.32 Å². The molecule has 2 aromatic rings. The number of aliphatic hydroxyl groups excluding tert-OH is 2. The van der Waals surface area contributed by atoms with Crippen molar-refractivity contribution in [2.24, 2.45) is 0 Å². The lowest BCUT2D eigenvalue weighted by Crippen LogP contribution is -2.35. The van der Waals surface area contributed by atoms with Crippen LogP contribution >= 0.6 is 0 Å². The number of hydrogen-bond donors (Lipinski definition) is 3. The minimum Gasteiger partial charge on any atom is -0.468 e. The van der Waals surface area contributed by atoms with E-state index in [1.165, 1.54) is 11.3 Å². The molecular weight excluding hydrogens is 304 g/mol. The fourth-order valence-electron chi connectivity index (χ4n) is 3.21. The second-order valence-corrected chi connectivity index (χ2v) is 6.45. The summed E-state index contributed by atoms with van der Waals surface area (Å²) in [6.07, 6.45) is 3.14. The number of rotatable bonds is 6. The van der Waals surface area contributed by atoms with Gasteiger partial charge in [0.2, 0.25) is 0 Å². The predicted octanol–water partition coefficient (Wildman–Crippen LogP) is 2.62. The van der Waals surface area contributed by atoms with Gasteiger partial charge in [0.15, 0.2) is 0 Å². The van der Waals surface area contributed by atoms with Gasteiger partial charge >= 0.3 is 0 Å². The predicted molar refractivity (Wildman–Crippen MR) is 94.0 cm³/mol. The van der Waals surface area contributed by atoms with Gasteiger partial charge in [-0.2, -0.15) is 0 Å². The number of aliphatic hydroxyl groups is 2. The molecule has 2 heterocycles. The van der Waals surface area contributed by atoms with Crippen LogP contribution < -0.4 is 10.2 Å². The Labute approximate surface area is 142 Å². The molecule has 5 heteroatoms. The minimum absolute atomic E-state index is 0.00790. The highest BCUT2D eigenvalue weighted by molar-refractivity contribution is 5.48. The first-order chi connectivity index (χ1) is 11.7. The molecule has 0 spiro atoms. The van der Waals surface area contributed by atoms with Gasteiger partial charge in [-0.3, -0.25) is 5.32 Å². The van der Waals surface area contributed by atoms with Crippen LogP contribution in [0.1, 0.15) is 43.2 Å². The van der Waals surface area contributed by atoms with Gasteiger partial charge in [-0.05, 0) is 49.6 Å². The van der Waals surface area contributed by atoms with Crippen LogP contribution in [0.15, 0.2) is 47.1 Å². The molecule has 0 radical (unpaired) electrons. The van der Waals surface area contributed by atoms with Crippen molar-refractivity contribution in [3.8, 4) is 0 Å². The van der Waals surface area contributed by atoms with Crippen LogP contribution in [0.4, 0.5) is 5.69 Å². The summed E-state index contributed by atoms with van der Waals surface area (Å²) in [6.45, 7) is 3.88. The lowest BCUT2D eigenvalue weighted by molar-refractivity contribution is 0.145.